The number of Topliss-reactive ketones (excluding diaryl/α,β-unsaturated/α-hetero) is 1. The van der Waals surface area contributed by atoms with Crippen LogP contribution in [0.3, 0.4) is 0 Å². The molecular weight excluding hydrogens is 411 g/mol. The number of ether oxygens (including phenoxy) is 1. The van der Waals surface area contributed by atoms with Gasteiger partial charge in [-0.15, -0.1) is 0 Å². The van der Waals surface area contributed by atoms with Crippen molar-refractivity contribution in [2.24, 2.45) is 0 Å². The van der Waals surface area contributed by atoms with Crippen LogP contribution in [0.1, 0.15) is 58.2 Å². The Morgan fingerprint density at radius 2 is 1.84 bits per heavy atom. The number of amides is 1. The molecule has 1 aliphatic carbocycles. The van der Waals surface area contributed by atoms with Crippen LogP contribution in [-0.2, 0) is 22.4 Å². The number of nitrogens with zero attached hydrogens (tertiary/aromatic N) is 1. The lowest BCUT2D eigenvalue weighted by Crippen LogP contribution is -2.18. The van der Waals surface area contributed by atoms with Gasteiger partial charge in [0.05, 0.1) is 16.6 Å². The molecule has 4 rings (SSSR count). The number of para-hydroxylation sites is 1. The van der Waals surface area contributed by atoms with Gasteiger partial charge in [-0.25, -0.2) is 9.18 Å². The molecule has 2 aromatic carbocycles. The van der Waals surface area contributed by atoms with Crippen LogP contribution in [0.15, 0.2) is 42.5 Å². The number of carbonyl (C=O) groups excluding carboxylic acids is 3. The predicted molar refractivity (Wildman–Crippen MR) is 118 cm³/mol. The van der Waals surface area contributed by atoms with Gasteiger partial charge < -0.3 is 10.1 Å². The van der Waals surface area contributed by atoms with Gasteiger partial charge in [-0.3, -0.25) is 14.6 Å². The SMILES string of the molecule is CC(=O)Nc1ccc(C(=O)COC(=O)c2c3c(nc4ccccc24)CCCCC3)c(F)c1. The molecule has 1 heterocycles. The number of nitrogens with one attached hydrogen (secondary N) is 1. The van der Waals surface area contributed by atoms with Crippen LogP contribution < -0.4 is 5.32 Å². The molecule has 0 bridgehead atoms. The highest BCUT2D eigenvalue weighted by Gasteiger charge is 2.24. The van der Waals surface area contributed by atoms with Crippen molar-refractivity contribution in [3.05, 3.63) is 70.7 Å². The summed E-state index contributed by atoms with van der Waals surface area (Å²) in [6, 6.07) is 11.1. The Bertz CT molecular complexity index is 1220. The van der Waals surface area contributed by atoms with E-state index in [1.807, 2.05) is 24.3 Å². The number of anilines is 1. The second kappa shape index (κ2) is 9.26. The first-order valence-corrected chi connectivity index (χ1v) is 10.6. The number of aromatic nitrogens is 1. The smallest absolute Gasteiger partial charge is 0.339 e. The van der Waals surface area contributed by atoms with E-state index < -0.39 is 24.2 Å². The van der Waals surface area contributed by atoms with Crippen molar-refractivity contribution in [3.63, 3.8) is 0 Å². The molecule has 0 unspecified atom stereocenters. The van der Waals surface area contributed by atoms with E-state index in [2.05, 4.69) is 5.32 Å². The average Bonchev–Trinajstić information content (AvgIpc) is 3.00. The van der Waals surface area contributed by atoms with Crippen LogP contribution in [0.25, 0.3) is 10.9 Å². The molecule has 1 amide bonds. The zero-order valence-corrected chi connectivity index (χ0v) is 17.7. The summed E-state index contributed by atoms with van der Waals surface area (Å²) in [5, 5.41) is 3.14. The lowest BCUT2D eigenvalue weighted by Gasteiger charge is -2.15. The highest BCUT2D eigenvalue weighted by atomic mass is 19.1. The Morgan fingerprint density at radius 1 is 1.06 bits per heavy atom. The molecule has 0 saturated heterocycles. The first kappa shape index (κ1) is 21.6. The Balaban J connectivity index is 1.58. The second-order valence-corrected chi connectivity index (χ2v) is 7.86. The van der Waals surface area contributed by atoms with E-state index in [9.17, 15) is 18.8 Å². The summed E-state index contributed by atoms with van der Waals surface area (Å²) in [5.74, 6) is -2.40. The summed E-state index contributed by atoms with van der Waals surface area (Å²) in [6.45, 7) is 0.723. The van der Waals surface area contributed by atoms with Gasteiger partial charge in [-0.05, 0) is 55.5 Å². The molecule has 1 aliphatic rings. The number of hydrogen-bond acceptors (Lipinski definition) is 5. The Hall–Kier alpha value is -3.61. The van der Waals surface area contributed by atoms with E-state index in [0.717, 1.165) is 49.4 Å². The standard InChI is InChI=1S/C25H23FN2O4/c1-15(29)27-16-11-12-17(20(26)13-16)23(30)14-32-25(31)24-18-7-3-2-4-9-21(18)28-22-10-6-5-8-19(22)24/h5-6,8,10-13H,2-4,7,9,14H2,1H3,(H,27,29). The van der Waals surface area contributed by atoms with Crippen LogP contribution in [0.2, 0.25) is 0 Å². The van der Waals surface area contributed by atoms with E-state index >= 15 is 0 Å². The lowest BCUT2D eigenvalue weighted by molar-refractivity contribution is -0.114. The summed E-state index contributed by atoms with van der Waals surface area (Å²) in [4.78, 5) is 41.5. The van der Waals surface area contributed by atoms with Crippen LogP contribution in [0, 0.1) is 5.82 Å². The fourth-order valence-electron chi connectivity index (χ4n) is 4.09. The quantitative estimate of drug-likeness (QED) is 0.359. The number of fused-ring (bicyclic) bond motifs is 2. The topological polar surface area (TPSA) is 85.4 Å². The molecular formula is C25H23FN2O4. The highest BCUT2D eigenvalue weighted by Crippen LogP contribution is 2.29. The van der Waals surface area contributed by atoms with Crippen molar-refractivity contribution >= 4 is 34.3 Å². The van der Waals surface area contributed by atoms with Crippen molar-refractivity contribution in [1.29, 1.82) is 0 Å². The molecule has 0 aliphatic heterocycles. The Morgan fingerprint density at radius 3 is 2.62 bits per heavy atom. The van der Waals surface area contributed by atoms with E-state index in [0.29, 0.717) is 16.5 Å². The molecule has 164 valence electrons. The van der Waals surface area contributed by atoms with Crippen molar-refractivity contribution < 1.29 is 23.5 Å². The van der Waals surface area contributed by atoms with E-state index in [-0.39, 0.29) is 17.2 Å². The summed E-state index contributed by atoms with van der Waals surface area (Å²) in [5.41, 5.74) is 2.98. The summed E-state index contributed by atoms with van der Waals surface area (Å²) in [6.07, 6.45) is 4.56. The van der Waals surface area contributed by atoms with Crippen LogP contribution in [0.4, 0.5) is 10.1 Å². The van der Waals surface area contributed by atoms with E-state index in [1.165, 1.54) is 19.1 Å². The maximum atomic E-state index is 14.4. The van der Waals surface area contributed by atoms with Crippen LogP contribution in [-0.4, -0.2) is 29.3 Å². The van der Waals surface area contributed by atoms with Crippen LogP contribution >= 0.6 is 0 Å². The average molecular weight is 434 g/mol. The molecule has 6 nitrogen and oxygen atoms in total. The van der Waals surface area contributed by atoms with Gasteiger partial charge in [0.1, 0.15) is 5.82 Å². The number of aryl methyl sites for hydroxylation is 1. The van der Waals surface area contributed by atoms with Crippen molar-refractivity contribution in [1.82, 2.24) is 4.98 Å². The van der Waals surface area contributed by atoms with Gasteiger partial charge >= 0.3 is 5.97 Å². The van der Waals surface area contributed by atoms with Gasteiger partial charge in [0.25, 0.3) is 0 Å². The maximum Gasteiger partial charge on any atom is 0.339 e. The first-order valence-electron chi connectivity index (χ1n) is 10.6. The van der Waals surface area contributed by atoms with Crippen molar-refractivity contribution in [3.8, 4) is 0 Å². The fraction of sp³-hybridized carbons (Fsp3) is 0.280. The molecule has 0 radical (unpaired) electrons. The molecule has 0 spiro atoms. The summed E-state index contributed by atoms with van der Waals surface area (Å²) in [7, 11) is 0. The fourth-order valence-corrected chi connectivity index (χ4v) is 4.09. The predicted octanol–water partition coefficient (Wildman–Crippen LogP) is 4.64. The number of esters is 1. The molecule has 0 atom stereocenters. The number of ketones is 1. The van der Waals surface area contributed by atoms with Gasteiger partial charge in [-0.1, -0.05) is 24.6 Å². The number of halogens is 1. The lowest BCUT2D eigenvalue weighted by atomic mass is 9.97. The third-order valence-electron chi connectivity index (χ3n) is 5.55. The van der Waals surface area contributed by atoms with E-state index in [1.54, 1.807) is 0 Å². The molecule has 3 aromatic rings. The monoisotopic (exact) mass is 434 g/mol. The minimum absolute atomic E-state index is 0.203. The minimum Gasteiger partial charge on any atom is -0.454 e. The number of rotatable bonds is 5. The molecule has 32 heavy (non-hydrogen) atoms. The van der Waals surface area contributed by atoms with Gasteiger partial charge in [0.15, 0.2) is 6.61 Å². The summed E-state index contributed by atoms with van der Waals surface area (Å²) < 4.78 is 19.7. The highest BCUT2D eigenvalue weighted by molar-refractivity contribution is 6.06. The normalized spacial score (nSPS) is 13.2. The molecule has 1 aromatic heterocycles. The number of carbonyl (C=O) groups is 3. The number of hydrogen-bond donors (Lipinski definition) is 1. The largest absolute Gasteiger partial charge is 0.454 e. The van der Waals surface area contributed by atoms with Gasteiger partial charge in [0, 0.05) is 23.7 Å². The Kier molecular flexibility index (Phi) is 6.25. The van der Waals surface area contributed by atoms with E-state index in [4.69, 9.17) is 9.72 Å². The first-order chi connectivity index (χ1) is 15.4. The van der Waals surface area contributed by atoms with Gasteiger partial charge in [0.2, 0.25) is 11.7 Å². The third-order valence-corrected chi connectivity index (χ3v) is 5.55. The zero-order valence-electron chi connectivity index (χ0n) is 17.7. The molecule has 0 saturated carbocycles. The maximum absolute atomic E-state index is 14.4. The molecule has 7 heteroatoms. The summed E-state index contributed by atoms with van der Waals surface area (Å²) >= 11 is 0. The Labute approximate surface area is 184 Å². The van der Waals surface area contributed by atoms with Gasteiger partial charge in [-0.2, -0.15) is 0 Å². The number of pyridine rings is 1. The third kappa shape index (κ3) is 4.51. The second-order valence-electron chi connectivity index (χ2n) is 7.86. The molecule has 0 fully saturated rings. The number of benzene rings is 2. The van der Waals surface area contributed by atoms with Crippen molar-refractivity contribution in [2.45, 2.75) is 39.0 Å². The van der Waals surface area contributed by atoms with Crippen LogP contribution in [0.5, 0.6) is 0 Å². The van der Waals surface area contributed by atoms with Crippen molar-refractivity contribution in [2.75, 3.05) is 11.9 Å². The molecule has 1 N–H and O–H groups in total. The zero-order chi connectivity index (χ0) is 22.7. The minimum atomic E-state index is -0.791.